The molecule has 0 aliphatic carbocycles. The number of hydrogen-bond acceptors (Lipinski definition) is 5. The first kappa shape index (κ1) is 22.0. The van der Waals surface area contributed by atoms with Crippen molar-refractivity contribution in [2.24, 2.45) is 0 Å². The number of thiophene rings is 1. The van der Waals surface area contributed by atoms with E-state index in [9.17, 15) is 14.0 Å². The maximum Gasteiger partial charge on any atom is 0.257 e. The van der Waals surface area contributed by atoms with Crippen molar-refractivity contribution in [1.82, 2.24) is 14.8 Å². The quantitative estimate of drug-likeness (QED) is 0.406. The van der Waals surface area contributed by atoms with Crippen LogP contribution < -0.4 is 10.6 Å². The largest absolute Gasteiger partial charge is 0.321 e. The van der Waals surface area contributed by atoms with Gasteiger partial charge in [0.15, 0.2) is 5.82 Å². The Kier molecular flexibility index (Phi) is 6.18. The van der Waals surface area contributed by atoms with Gasteiger partial charge in [-0.2, -0.15) is 11.3 Å². The monoisotopic (exact) mass is 475 g/mol. The maximum atomic E-state index is 14.7. The summed E-state index contributed by atoms with van der Waals surface area (Å²) in [6, 6.07) is 12.9. The van der Waals surface area contributed by atoms with E-state index in [0.717, 1.165) is 38.1 Å². The summed E-state index contributed by atoms with van der Waals surface area (Å²) < 4.78 is 16.7. The number of benzene rings is 2. The lowest BCUT2D eigenvalue weighted by molar-refractivity contribution is 0.102. The van der Waals surface area contributed by atoms with Crippen molar-refractivity contribution in [3.63, 3.8) is 0 Å². The zero-order valence-corrected chi connectivity index (χ0v) is 19.1. The molecule has 0 bridgehead atoms. The van der Waals surface area contributed by atoms with E-state index in [2.05, 4.69) is 25.4 Å². The number of carbonyl (C=O) groups is 2. The molecule has 172 valence electrons. The average molecular weight is 476 g/mol. The number of fused-ring (bicyclic) bond motifs is 1. The third-order valence-electron chi connectivity index (χ3n) is 5.79. The van der Waals surface area contributed by atoms with Gasteiger partial charge in [0.2, 0.25) is 0 Å². The molecule has 4 aromatic rings. The highest BCUT2D eigenvalue weighted by Crippen LogP contribution is 2.27. The summed E-state index contributed by atoms with van der Waals surface area (Å²) in [6.07, 6.45) is 4.11. The number of nitrogens with zero attached hydrogens (tertiary/aromatic N) is 3. The summed E-state index contributed by atoms with van der Waals surface area (Å²) in [7, 11) is 0. The van der Waals surface area contributed by atoms with Crippen LogP contribution >= 0.6 is 11.3 Å². The smallest absolute Gasteiger partial charge is 0.257 e. The lowest BCUT2D eigenvalue weighted by atomic mass is 10.1. The Morgan fingerprint density at radius 2 is 1.79 bits per heavy atom. The Morgan fingerprint density at radius 3 is 2.65 bits per heavy atom. The standard InChI is InChI=1S/C25H22FN5O2S/c26-19-10-9-16(23-30-29-22-8-2-1-5-12-31(22)23)14-21(19)28-25(33)18-6-3-4-7-20(18)27-24(32)17-11-13-34-15-17/h3-4,6-7,9-11,13-15H,1-2,5,8,12H2,(H,27,32)(H,28,33). The minimum atomic E-state index is -0.563. The number of para-hydroxylation sites is 1. The second kappa shape index (κ2) is 9.56. The molecule has 2 N–H and O–H groups in total. The third-order valence-corrected chi connectivity index (χ3v) is 6.47. The first-order chi connectivity index (χ1) is 16.6. The minimum Gasteiger partial charge on any atom is -0.321 e. The molecule has 0 spiro atoms. The molecule has 7 nitrogen and oxygen atoms in total. The average Bonchev–Trinajstić information content (AvgIpc) is 3.46. The molecule has 2 amide bonds. The number of amides is 2. The maximum absolute atomic E-state index is 14.7. The van der Waals surface area contributed by atoms with Crippen molar-refractivity contribution in [1.29, 1.82) is 0 Å². The molecule has 3 heterocycles. The molecule has 1 aliphatic heterocycles. The van der Waals surface area contributed by atoms with E-state index in [0.29, 0.717) is 22.6 Å². The van der Waals surface area contributed by atoms with Gasteiger partial charge in [-0.3, -0.25) is 9.59 Å². The molecular formula is C25H22FN5O2S. The zero-order valence-electron chi connectivity index (χ0n) is 18.3. The van der Waals surface area contributed by atoms with Gasteiger partial charge in [0.1, 0.15) is 11.6 Å². The molecule has 2 aromatic carbocycles. The van der Waals surface area contributed by atoms with Crippen LogP contribution in [0.1, 0.15) is 45.8 Å². The molecule has 1 aliphatic rings. The van der Waals surface area contributed by atoms with Gasteiger partial charge >= 0.3 is 0 Å². The summed E-state index contributed by atoms with van der Waals surface area (Å²) >= 11 is 1.41. The van der Waals surface area contributed by atoms with Gasteiger partial charge < -0.3 is 15.2 Å². The predicted octanol–water partition coefficient (Wildman–Crippen LogP) is 5.38. The molecule has 0 saturated heterocycles. The topological polar surface area (TPSA) is 88.9 Å². The molecular weight excluding hydrogens is 453 g/mol. The van der Waals surface area contributed by atoms with E-state index in [4.69, 9.17) is 0 Å². The highest BCUT2D eigenvalue weighted by atomic mass is 32.1. The van der Waals surface area contributed by atoms with Gasteiger partial charge in [-0.05, 0) is 54.6 Å². The molecule has 0 fully saturated rings. The van der Waals surface area contributed by atoms with Crippen molar-refractivity contribution >= 4 is 34.5 Å². The van der Waals surface area contributed by atoms with Crippen molar-refractivity contribution in [2.45, 2.75) is 32.2 Å². The van der Waals surface area contributed by atoms with Crippen LogP contribution in [0.2, 0.25) is 0 Å². The molecule has 0 saturated carbocycles. The van der Waals surface area contributed by atoms with Crippen LogP contribution in [0.4, 0.5) is 15.8 Å². The second-order valence-corrected chi connectivity index (χ2v) is 8.84. The Morgan fingerprint density at radius 1 is 0.941 bits per heavy atom. The van der Waals surface area contributed by atoms with E-state index < -0.39 is 11.7 Å². The van der Waals surface area contributed by atoms with E-state index in [-0.39, 0.29) is 17.2 Å². The van der Waals surface area contributed by atoms with Crippen LogP contribution in [0.25, 0.3) is 11.4 Å². The number of carbonyl (C=O) groups excluding carboxylic acids is 2. The van der Waals surface area contributed by atoms with Crippen molar-refractivity contribution < 1.29 is 14.0 Å². The normalized spacial score (nSPS) is 13.1. The molecule has 0 radical (unpaired) electrons. The number of halogens is 1. The number of hydrogen-bond donors (Lipinski definition) is 2. The number of nitrogens with one attached hydrogen (secondary N) is 2. The lowest BCUT2D eigenvalue weighted by Gasteiger charge is -2.13. The van der Waals surface area contributed by atoms with Crippen LogP contribution in [-0.4, -0.2) is 26.6 Å². The Balaban J connectivity index is 1.40. The van der Waals surface area contributed by atoms with Crippen LogP contribution in [0.15, 0.2) is 59.3 Å². The summed E-state index contributed by atoms with van der Waals surface area (Å²) in [6.45, 7) is 0.813. The molecule has 0 unspecified atom stereocenters. The van der Waals surface area contributed by atoms with Gasteiger partial charge in [0.05, 0.1) is 22.5 Å². The fraction of sp³-hybridized carbons (Fsp3) is 0.200. The highest BCUT2D eigenvalue weighted by molar-refractivity contribution is 7.08. The van der Waals surface area contributed by atoms with Crippen LogP contribution in [0.5, 0.6) is 0 Å². The Labute approximate surface area is 199 Å². The van der Waals surface area contributed by atoms with Crippen LogP contribution in [0, 0.1) is 5.82 Å². The van der Waals surface area contributed by atoms with E-state index >= 15 is 0 Å². The molecule has 9 heteroatoms. The number of aromatic nitrogens is 3. The van der Waals surface area contributed by atoms with Gasteiger partial charge in [0.25, 0.3) is 11.8 Å². The number of rotatable bonds is 5. The molecule has 0 atom stereocenters. The fourth-order valence-electron chi connectivity index (χ4n) is 4.03. The minimum absolute atomic E-state index is 0.0347. The van der Waals surface area contributed by atoms with Gasteiger partial charge in [0, 0.05) is 23.9 Å². The Bertz CT molecular complexity index is 1350. The van der Waals surface area contributed by atoms with Crippen molar-refractivity contribution in [2.75, 3.05) is 10.6 Å². The SMILES string of the molecule is O=C(Nc1ccccc1C(=O)Nc1cc(-c2nnc3n2CCCCC3)ccc1F)c1ccsc1. The van der Waals surface area contributed by atoms with Crippen LogP contribution in [-0.2, 0) is 13.0 Å². The summed E-state index contributed by atoms with van der Waals surface area (Å²) in [5, 5.41) is 17.6. The zero-order chi connectivity index (χ0) is 23.5. The Hall–Kier alpha value is -3.85. The summed E-state index contributed by atoms with van der Waals surface area (Å²) in [5.41, 5.74) is 1.79. The highest BCUT2D eigenvalue weighted by Gasteiger charge is 2.19. The van der Waals surface area contributed by atoms with E-state index in [1.807, 2.05) is 0 Å². The van der Waals surface area contributed by atoms with Gasteiger partial charge in [-0.25, -0.2) is 4.39 Å². The number of aryl methyl sites for hydroxylation is 1. The second-order valence-electron chi connectivity index (χ2n) is 8.06. The van der Waals surface area contributed by atoms with Gasteiger partial charge in [-0.15, -0.1) is 10.2 Å². The predicted molar refractivity (Wildman–Crippen MR) is 130 cm³/mol. The molecule has 34 heavy (non-hydrogen) atoms. The lowest BCUT2D eigenvalue weighted by Crippen LogP contribution is -2.18. The van der Waals surface area contributed by atoms with E-state index in [1.165, 1.54) is 17.4 Å². The number of anilines is 2. The van der Waals surface area contributed by atoms with Crippen molar-refractivity contribution in [3.05, 3.63) is 82.1 Å². The summed E-state index contributed by atoms with van der Waals surface area (Å²) in [5.74, 6) is 0.181. The van der Waals surface area contributed by atoms with Crippen molar-refractivity contribution in [3.8, 4) is 11.4 Å². The fourth-order valence-corrected chi connectivity index (χ4v) is 4.66. The first-order valence-electron chi connectivity index (χ1n) is 11.1. The van der Waals surface area contributed by atoms with Gasteiger partial charge in [-0.1, -0.05) is 18.6 Å². The summed E-state index contributed by atoms with van der Waals surface area (Å²) in [4.78, 5) is 25.5. The molecule has 2 aromatic heterocycles. The van der Waals surface area contributed by atoms with Crippen LogP contribution in [0.3, 0.4) is 0 Å². The third kappa shape index (κ3) is 4.47. The van der Waals surface area contributed by atoms with E-state index in [1.54, 1.807) is 53.2 Å². The molecule has 5 rings (SSSR count). The first-order valence-corrected chi connectivity index (χ1v) is 12.0.